The Morgan fingerprint density at radius 2 is 2.47 bits per heavy atom. The van der Waals surface area contributed by atoms with Crippen LogP contribution in [0.25, 0.3) is 0 Å². The van der Waals surface area contributed by atoms with Crippen LogP contribution in [0.15, 0.2) is 33.1 Å². The third kappa shape index (κ3) is 2.26. The molecule has 0 N–H and O–H groups in total. The van der Waals surface area contributed by atoms with Gasteiger partial charge in [0.15, 0.2) is 5.76 Å². The SMILES string of the molecule is O=[N+]([O-])c1ccc(C=Nc2nccs2)o1. The second-order valence-electron chi connectivity index (χ2n) is 2.51. The molecule has 2 aromatic heterocycles. The highest BCUT2D eigenvalue weighted by atomic mass is 32.1. The number of aromatic nitrogens is 1. The van der Waals surface area contributed by atoms with Gasteiger partial charge in [-0.15, -0.1) is 11.3 Å². The first-order valence-corrected chi connectivity index (χ1v) is 4.81. The van der Waals surface area contributed by atoms with Crippen LogP contribution in [0.2, 0.25) is 0 Å². The Labute approximate surface area is 88.1 Å². The van der Waals surface area contributed by atoms with Gasteiger partial charge in [0.25, 0.3) is 0 Å². The van der Waals surface area contributed by atoms with E-state index in [2.05, 4.69) is 9.98 Å². The predicted molar refractivity (Wildman–Crippen MR) is 54.7 cm³/mol. The Morgan fingerprint density at radius 3 is 3.07 bits per heavy atom. The van der Waals surface area contributed by atoms with Crippen molar-refractivity contribution in [2.75, 3.05) is 0 Å². The Kier molecular flexibility index (Phi) is 2.55. The predicted octanol–water partition coefficient (Wildman–Crippen LogP) is 2.39. The van der Waals surface area contributed by atoms with Gasteiger partial charge in [-0.05, 0) is 6.07 Å². The van der Waals surface area contributed by atoms with Gasteiger partial charge in [0.2, 0.25) is 5.13 Å². The average Bonchev–Trinajstić information content (AvgIpc) is 2.86. The number of nitrogens with zero attached hydrogens (tertiary/aromatic N) is 3. The zero-order valence-electron chi connectivity index (χ0n) is 7.36. The molecule has 0 aliphatic rings. The minimum absolute atomic E-state index is 0.296. The lowest BCUT2D eigenvalue weighted by Crippen LogP contribution is -1.83. The van der Waals surface area contributed by atoms with Gasteiger partial charge < -0.3 is 4.42 Å². The van der Waals surface area contributed by atoms with Crippen LogP contribution >= 0.6 is 11.3 Å². The van der Waals surface area contributed by atoms with Gasteiger partial charge in [0.1, 0.15) is 4.92 Å². The molecule has 0 amide bonds. The Hall–Kier alpha value is -2.02. The van der Waals surface area contributed by atoms with Crippen molar-refractivity contribution in [2.45, 2.75) is 0 Å². The smallest absolute Gasteiger partial charge is 0.400 e. The van der Waals surface area contributed by atoms with E-state index in [0.29, 0.717) is 10.9 Å². The van der Waals surface area contributed by atoms with Gasteiger partial charge in [0, 0.05) is 11.6 Å². The van der Waals surface area contributed by atoms with Crippen molar-refractivity contribution in [3.63, 3.8) is 0 Å². The van der Waals surface area contributed by atoms with Crippen molar-refractivity contribution in [1.82, 2.24) is 4.98 Å². The zero-order chi connectivity index (χ0) is 10.7. The molecular weight excluding hydrogens is 218 g/mol. The maximum atomic E-state index is 10.3. The van der Waals surface area contributed by atoms with Crippen LogP contribution in [0.1, 0.15) is 5.76 Å². The fourth-order valence-electron chi connectivity index (χ4n) is 0.908. The molecule has 0 fully saturated rings. The standard InChI is InChI=1S/C8H5N3O3S/c12-11(13)7-2-1-6(14-7)5-10-8-9-3-4-15-8/h1-5H. The van der Waals surface area contributed by atoms with Crippen molar-refractivity contribution in [3.8, 4) is 0 Å². The highest BCUT2D eigenvalue weighted by Crippen LogP contribution is 2.17. The number of hydrogen-bond donors (Lipinski definition) is 0. The van der Waals surface area contributed by atoms with Crippen LogP contribution in [0, 0.1) is 10.1 Å². The topological polar surface area (TPSA) is 81.5 Å². The fraction of sp³-hybridized carbons (Fsp3) is 0. The lowest BCUT2D eigenvalue weighted by atomic mass is 10.5. The molecule has 2 aromatic rings. The summed E-state index contributed by atoms with van der Waals surface area (Å²) in [7, 11) is 0. The van der Waals surface area contributed by atoms with Gasteiger partial charge in [-0.3, -0.25) is 10.1 Å². The van der Waals surface area contributed by atoms with Crippen molar-refractivity contribution in [2.24, 2.45) is 4.99 Å². The first-order chi connectivity index (χ1) is 7.25. The van der Waals surface area contributed by atoms with Gasteiger partial charge in [-0.25, -0.2) is 9.98 Å². The summed E-state index contributed by atoms with van der Waals surface area (Å²) >= 11 is 1.37. The van der Waals surface area contributed by atoms with E-state index in [4.69, 9.17) is 4.42 Å². The second-order valence-corrected chi connectivity index (χ2v) is 3.38. The van der Waals surface area contributed by atoms with Crippen LogP contribution in [0.5, 0.6) is 0 Å². The Morgan fingerprint density at radius 1 is 1.60 bits per heavy atom. The molecule has 0 bridgehead atoms. The molecule has 0 aliphatic heterocycles. The normalized spacial score (nSPS) is 10.9. The van der Waals surface area contributed by atoms with E-state index in [9.17, 15) is 10.1 Å². The molecule has 0 saturated carbocycles. The molecule has 0 spiro atoms. The van der Waals surface area contributed by atoms with Gasteiger partial charge in [0.05, 0.1) is 12.3 Å². The molecular formula is C8H5N3O3S. The van der Waals surface area contributed by atoms with Gasteiger partial charge in [-0.2, -0.15) is 0 Å². The highest BCUT2D eigenvalue weighted by molar-refractivity contribution is 7.13. The van der Waals surface area contributed by atoms with E-state index in [1.165, 1.54) is 29.7 Å². The number of nitro groups is 1. The van der Waals surface area contributed by atoms with Crippen molar-refractivity contribution in [1.29, 1.82) is 0 Å². The van der Waals surface area contributed by atoms with Crippen molar-refractivity contribution < 1.29 is 9.34 Å². The van der Waals surface area contributed by atoms with Crippen LogP contribution < -0.4 is 0 Å². The quantitative estimate of drug-likeness (QED) is 0.454. The summed E-state index contributed by atoms with van der Waals surface area (Å²) in [6.07, 6.45) is 3.02. The van der Waals surface area contributed by atoms with Crippen molar-refractivity contribution in [3.05, 3.63) is 39.6 Å². The van der Waals surface area contributed by atoms with E-state index in [1.54, 1.807) is 11.6 Å². The molecule has 0 aromatic carbocycles. The van der Waals surface area contributed by atoms with Gasteiger partial charge in [-0.1, -0.05) is 0 Å². The molecule has 2 heterocycles. The summed E-state index contributed by atoms with van der Waals surface area (Å²) in [5.74, 6) is 0.0347. The minimum atomic E-state index is -0.596. The highest BCUT2D eigenvalue weighted by Gasteiger charge is 2.10. The minimum Gasteiger partial charge on any atom is -0.400 e. The summed E-state index contributed by atoms with van der Waals surface area (Å²) in [5, 5.41) is 12.7. The zero-order valence-corrected chi connectivity index (χ0v) is 8.18. The van der Waals surface area contributed by atoms with Crippen LogP contribution in [-0.4, -0.2) is 16.1 Å². The van der Waals surface area contributed by atoms with E-state index >= 15 is 0 Å². The largest absolute Gasteiger partial charge is 0.433 e. The summed E-state index contributed by atoms with van der Waals surface area (Å²) < 4.78 is 4.87. The lowest BCUT2D eigenvalue weighted by molar-refractivity contribution is -0.402. The second kappa shape index (κ2) is 4.01. The summed E-state index contributed by atoms with van der Waals surface area (Å²) in [6, 6.07) is 2.76. The Bertz CT molecular complexity index is 489. The summed E-state index contributed by atoms with van der Waals surface area (Å²) in [6.45, 7) is 0. The first-order valence-electron chi connectivity index (χ1n) is 3.93. The first kappa shape index (κ1) is 9.53. The maximum absolute atomic E-state index is 10.3. The third-order valence-corrected chi connectivity index (χ3v) is 2.19. The summed E-state index contributed by atoms with van der Waals surface area (Å²) in [5.41, 5.74) is 0. The van der Waals surface area contributed by atoms with Gasteiger partial charge >= 0.3 is 5.88 Å². The molecule has 7 heteroatoms. The molecule has 2 rings (SSSR count). The fourth-order valence-corrected chi connectivity index (χ4v) is 1.39. The molecule has 0 unspecified atom stereocenters. The van der Waals surface area contributed by atoms with E-state index in [0.717, 1.165) is 0 Å². The molecule has 76 valence electrons. The molecule has 15 heavy (non-hydrogen) atoms. The molecule has 0 saturated heterocycles. The van der Waals surface area contributed by atoms with E-state index in [1.807, 2.05) is 0 Å². The summed E-state index contributed by atoms with van der Waals surface area (Å²) in [4.78, 5) is 17.6. The average molecular weight is 223 g/mol. The number of hydrogen-bond acceptors (Lipinski definition) is 6. The van der Waals surface area contributed by atoms with E-state index < -0.39 is 4.92 Å². The lowest BCUT2D eigenvalue weighted by Gasteiger charge is -1.83. The molecule has 6 nitrogen and oxygen atoms in total. The van der Waals surface area contributed by atoms with Crippen LogP contribution in [0.4, 0.5) is 11.0 Å². The number of rotatable bonds is 3. The Balaban J connectivity index is 2.14. The van der Waals surface area contributed by atoms with Crippen LogP contribution in [-0.2, 0) is 0 Å². The third-order valence-electron chi connectivity index (χ3n) is 1.51. The number of thiazole rings is 1. The molecule has 0 aliphatic carbocycles. The molecule has 0 radical (unpaired) electrons. The van der Waals surface area contributed by atoms with Crippen molar-refractivity contribution >= 4 is 28.6 Å². The van der Waals surface area contributed by atoms with Crippen LogP contribution in [0.3, 0.4) is 0 Å². The molecule has 0 atom stereocenters. The van der Waals surface area contributed by atoms with E-state index in [-0.39, 0.29) is 5.88 Å². The monoisotopic (exact) mass is 223 g/mol. The number of aliphatic imine (C=N–C) groups is 1. The number of furan rings is 1. The maximum Gasteiger partial charge on any atom is 0.433 e.